The minimum absolute atomic E-state index is 0.0818. The minimum Gasteiger partial charge on any atom is -0.502 e. The molecule has 0 saturated heterocycles. The normalized spacial score (nSPS) is 15.3. The molecule has 8 nitrogen and oxygen atoms in total. The van der Waals surface area contributed by atoms with Crippen molar-refractivity contribution in [2.24, 2.45) is 5.41 Å². The van der Waals surface area contributed by atoms with Crippen molar-refractivity contribution in [2.75, 3.05) is 28.4 Å². The van der Waals surface area contributed by atoms with Crippen molar-refractivity contribution >= 4 is 23.7 Å². The third-order valence-electron chi connectivity index (χ3n) is 7.22. The first-order valence-corrected chi connectivity index (χ1v) is 13.2. The van der Waals surface area contributed by atoms with Gasteiger partial charge >= 0.3 is 0 Å². The van der Waals surface area contributed by atoms with E-state index in [-0.39, 0.29) is 45.5 Å². The molecule has 0 heterocycles. The summed E-state index contributed by atoms with van der Waals surface area (Å²) in [4.78, 5) is 27.1. The molecule has 0 aromatic heterocycles. The first-order valence-electron chi connectivity index (χ1n) is 13.2. The Morgan fingerprint density at radius 1 is 0.756 bits per heavy atom. The topological polar surface area (TPSA) is 112 Å². The zero-order valence-corrected chi connectivity index (χ0v) is 24.7. The van der Waals surface area contributed by atoms with Gasteiger partial charge in [-0.05, 0) is 90.8 Å². The predicted molar refractivity (Wildman–Crippen MR) is 159 cm³/mol. The van der Waals surface area contributed by atoms with Crippen molar-refractivity contribution in [2.45, 2.75) is 40.0 Å². The van der Waals surface area contributed by atoms with Gasteiger partial charge < -0.3 is 29.2 Å². The van der Waals surface area contributed by atoms with Gasteiger partial charge in [0.25, 0.3) is 0 Å². The van der Waals surface area contributed by atoms with Crippen molar-refractivity contribution in [3.05, 3.63) is 70.3 Å². The SMILES string of the molecule is COc1cc(/C=C(\C(=O)/C=C/C2=C(C)CCCC2(C)C)C(=O)/C=C/c2cc(OC)c(O)c(OC)c2)cc(OC)c1O. The number of benzene rings is 2. The van der Waals surface area contributed by atoms with Crippen LogP contribution in [-0.4, -0.2) is 50.2 Å². The Balaban J connectivity index is 2.08. The Morgan fingerprint density at radius 2 is 1.20 bits per heavy atom. The lowest BCUT2D eigenvalue weighted by Gasteiger charge is -2.32. The number of ether oxygens (including phenoxy) is 4. The van der Waals surface area contributed by atoms with Gasteiger partial charge in [0, 0.05) is 0 Å². The minimum atomic E-state index is -0.551. The van der Waals surface area contributed by atoms with E-state index in [1.54, 1.807) is 12.1 Å². The van der Waals surface area contributed by atoms with Gasteiger partial charge in [-0.15, -0.1) is 0 Å². The molecule has 0 atom stereocenters. The Morgan fingerprint density at radius 3 is 1.63 bits per heavy atom. The summed E-state index contributed by atoms with van der Waals surface area (Å²) >= 11 is 0. The smallest absolute Gasteiger partial charge is 0.200 e. The maximum Gasteiger partial charge on any atom is 0.200 e. The molecule has 0 aliphatic heterocycles. The highest BCUT2D eigenvalue weighted by molar-refractivity contribution is 6.30. The molecule has 218 valence electrons. The van der Waals surface area contributed by atoms with Crippen LogP contribution in [0.15, 0.2) is 59.2 Å². The van der Waals surface area contributed by atoms with Crippen LogP contribution in [-0.2, 0) is 9.59 Å². The number of allylic oxidation sites excluding steroid dienone is 6. The standard InChI is InChI=1S/C33H38O8/c1-20-9-8-14-33(2,3)24(20)11-13-26(35)23(15-22-18-29(40-6)32(37)30(19-22)41-7)25(34)12-10-21-16-27(38-4)31(36)28(17-21)39-5/h10-13,15-19,36-37H,8-9,14H2,1-7H3/b12-10+,13-11+,23-15-. The molecule has 0 amide bonds. The van der Waals surface area contributed by atoms with Crippen LogP contribution in [0.1, 0.15) is 51.2 Å². The molecule has 41 heavy (non-hydrogen) atoms. The van der Waals surface area contributed by atoms with Gasteiger partial charge in [0.15, 0.2) is 34.6 Å². The highest BCUT2D eigenvalue weighted by atomic mass is 16.5. The largest absolute Gasteiger partial charge is 0.502 e. The summed E-state index contributed by atoms with van der Waals surface area (Å²) in [5.74, 6) is -0.768. The van der Waals surface area contributed by atoms with Gasteiger partial charge in [0.1, 0.15) is 0 Å². The Hall–Kier alpha value is -4.46. The number of hydrogen-bond acceptors (Lipinski definition) is 8. The molecule has 1 aliphatic carbocycles. The summed E-state index contributed by atoms with van der Waals surface area (Å²) in [7, 11) is 5.60. The van der Waals surface area contributed by atoms with Crippen LogP contribution in [0.5, 0.6) is 34.5 Å². The lowest BCUT2D eigenvalue weighted by molar-refractivity contribution is -0.116. The molecule has 0 spiro atoms. The van der Waals surface area contributed by atoms with Gasteiger partial charge in [-0.1, -0.05) is 31.6 Å². The number of hydrogen-bond donors (Lipinski definition) is 2. The molecular weight excluding hydrogens is 524 g/mol. The summed E-state index contributed by atoms with van der Waals surface area (Å²) < 4.78 is 20.9. The lowest BCUT2D eigenvalue weighted by Crippen LogP contribution is -2.19. The molecular formula is C33H38O8. The van der Waals surface area contributed by atoms with Crippen LogP contribution < -0.4 is 18.9 Å². The Kier molecular flexibility index (Phi) is 10.1. The first kappa shape index (κ1) is 31.1. The second-order valence-corrected chi connectivity index (χ2v) is 10.4. The van der Waals surface area contributed by atoms with Crippen molar-refractivity contribution in [3.63, 3.8) is 0 Å². The van der Waals surface area contributed by atoms with E-state index in [9.17, 15) is 19.8 Å². The second-order valence-electron chi connectivity index (χ2n) is 10.4. The summed E-state index contributed by atoms with van der Waals surface area (Å²) in [6.45, 7) is 6.38. The van der Waals surface area contributed by atoms with E-state index in [4.69, 9.17) is 18.9 Å². The lowest BCUT2D eigenvalue weighted by atomic mass is 9.72. The molecule has 3 rings (SSSR count). The Bertz CT molecular complexity index is 1390. The zero-order chi connectivity index (χ0) is 30.3. The number of carbonyl (C=O) groups is 2. The van der Waals surface area contributed by atoms with E-state index >= 15 is 0 Å². The van der Waals surface area contributed by atoms with Crippen LogP contribution in [0.25, 0.3) is 12.2 Å². The number of rotatable bonds is 11. The average Bonchev–Trinajstić information content (AvgIpc) is 2.94. The van der Waals surface area contributed by atoms with E-state index in [1.165, 1.54) is 70.4 Å². The molecule has 2 aromatic rings. The van der Waals surface area contributed by atoms with E-state index in [2.05, 4.69) is 20.8 Å². The third kappa shape index (κ3) is 7.20. The molecule has 0 fully saturated rings. The van der Waals surface area contributed by atoms with Crippen molar-refractivity contribution < 1.29 is 38.7 Å². The predicted octanol–water partition coefficient (Wildman–Crippen LogP) is 6.45. The van der Waals surface area contributed by atoms with Crippen molar-refractivity contribution in [1.82, 2.24) is 0 Å². The van der Waals surface area contributed by atoms with Crippen LogP contribution >= 0.6 is 0 Å². The van der Waals surface area contributed by atoms with E-state index in [1.807, 2.05) is 6.08 Å². The van der Waals surface area contributed by atoms with Gasteiger partial charge in [-0.3, -0.25) is 9.59 Å². The monoisotopic (exact) mass is 562 g/mol. The fourth-order valence-electron chi connectivity index (χ4n) is 4.96. The zero-order valence-electron chi connectivity index (χ0n) is 24.7. The molecule has 0 saturated carbocycles. The highest BCUT2D eigenvalue weighted by Gasteiger charge is 2.27. The molecule has 0 unspecified atom stereocenters. The van der Waals surface area contributed by atoms with Gasteiger partial charge in [-0.2, -0.15) is 0 Å². The fourth-order valence-corrected chi connectivity index (χ4v) is 4.96. The van der Waals surface area contributed by atoms with Crippen LogP contribution in [0, 0.1) is 5.41 Å². The highest BCUT2D eigenvalue weighted by Crippen LogP contribution is 2.41. The maximum atomic E-state index is 13.6. The summed E-state index contributed by atoms with van der Waals surface area (Å²) in [6, 6.07) is 6.11. The van der Waals surface area contributed by atoms with Crippen molar-refractivity contribution in [1.29, 1.82) is 0 Å². The second kappa shape index (κ2) is 13.3. The van der Waals surface area contributed by atoms with E-state index in [0.717, 1.165) is 24.8 Å². The van der Waals surface area contributed by atoms with Crippen LogP contribution in [0.4, 0.5) is 0 Å². The van der Waals surface area contributed by atoms with Crippen molar-refractivity contribution in [3.8, 4) is 34.5 Å². The number of ketones is 2. The summed E-state index contributed by atoms with van der Waals surface area (Å²) in [5, 5.41) is 20.5. The number of carbonyl (C=O) groups excluding carboxylic acids is 2. The summed E-state index contributed by atoms with van der Waals surface area (Å²) in [5.41, 5.74) is 3.08. The molecule has 2 N–H and O–H groups in total. The average molecular weight is 563 g/mol. The van der Waals surface area contributed by atoms with Gasteiger partial charge in [0.05, 0.1) is 34.0 Å². The number of phenols is 2. The fraction of sp³-hybridized carbons (Fsp3) is 0.333. The number of phenolic OH excluding ortho intramolecular Hbond substituents is 2. The molecule has 1 aliphatic rings. The molecule has 8 heteroatoms. The van der Waals surface area contributed by atoms with Crippen LogP contribution in [0.3, 0.4) is 0 Å². The van der Waals surface area contributed by atoms with E-state index in [0.29, 0.717) is 11.1 Å². The summed E-state index contributed by atoms with van der Waals surface area (Å²) in [6.07, 6.45) is 10.5. The molecule has 0 bridgehead atoms. The number of methoxy groups -OCH3 is 4. The quantitative estimate of drug-likeness (QED) is 0.183. The Labute approximate surface area is 241 Å². The van der Waals surface area contributed by atoms with Gasteiger partial charge in [-0.25, -0.2) is 0 Å². The maximum absolute atomic E-state index is 13.6. The molecule has 2 aromatic carbocycles. The third-order valence-corrected chi connectivity index (χ3v) is 7.22. The van der Waals surface area contributed by atoms with Gasteiger partial charge in [0.2, 0.25) is 11.5 Å². The molecule has 0 radical (unpaired) electrons. The van der Waals surface area contributed by atoms with Crippen LogP contribution in [0.2, 0.25) is 0 Å². The van der Waals surface area contributed by atoms with E-state index < -0.39 is 11.6 Å². The number of aromatic hydroxyl groups is 2. The first-order chi connectivity index (χ1) is 19.4.